The molecule has 1 heterocycles. The third kappa shape index (κ3) is 5.90. The van der Waals surface area contributed by atoms with E-state index >= 15 is 0 Å². The van der Waals surface area contributed by atoms with Crippen molar-refractivity contribution in [2.75, 3.05) is 33.5 Å². The van der Waals surface area contributed by atoms with Crippen molar-refractivity contribution < 1.29 is 19.3 Å². The second-order valence-electron chi connectivity index (χ2n) is 3.75. The summed E-state index contributed by atoms with van der Waals surface area (Å²) in [5.74, 6) is 0. The molecule has 6 heteroatoms. The molecule has 0 saturated heterocycles. The molecule has 0 aromatic carbocycles. The summed E-state index contributed by atoms with van der Waals surface area (Å²) in [5.41, 5.74) is 1.32. The first kappa shape index (κ1) is 14.8. The highest BCUT2D eigenvalue weighted by Gasteiger charge is 2.02. The van der Waals surface area contributed by atoms with Crippen LogP contribution in [0.4, 0.5) is 0 Å². The standard InChI is InChI=1S/C12H20N2O4/c1-10-8-11(9-15)14-12(13-10)18-7-6-17-5-3-4-16-2/h8,15H,3-7,9H2,1-2H3. The zero-order valence-electron chi connectivity index (χ0n) is 10.9. The van der Waals surface area contributed by atoms with Crippen LogP contribution >= 0.6 is 0 Å². The maximum absolute atomic E-state index is 9.00. The van der Waals surface area contributed by atoms with Crippen molar-refractivity contribution in [3.8, 4) is 6.01 Å². The molecule has 0 bridgehead atoms. The number of nitrogens with zero attached hydrogens (tertiary/aromatic N) is 2. The van der Waals surface area contributed by atoms with Gasteiger partial charge in [-0.15, -0.1) is 0 Å². The Morgan fingerprint density at radius 1 is 1.17 bits per heavy atom. The summed E-state index contributed by atoms with van der Waals surface area (Å²) in [4.78, 5) is 8.15. The Morgan fingerprint density at radius 2 is 2.00 bits per heavy atom. The molecule has 18 heavy (non-hydrogen) atoms. The van der Waals surface area contributed by atoms with Gasteiger partial charge in [-0.3, -0.25) is 0 Å². The number of ether oxygens (including phenoxy) is 3. The lowest BCUT2D eigenvalue weighted by atomic mass is 10.3. The van der Waals surface area contributed by atoms with Crippen LogP contribution in [-0.4, -0.2) is 48.6 Å². The Balaban J connectivity index is 2.20. The molecule has 1 aromatic heterocycles. The van der Waals surface area contributed by atoms with Crippen LogP contribution < -0.4 is 4.74 Å². The van der Waals surface area contributed by atoms with Crippen molar-refractivity contribution >= 4 is 0 Å². The van der Waals surface area contributed by atoms with E-state index in [1.54, 1.807) is 13.2 Å². The summed E-state index contributed by atoms with van der Waals surface area (Å²) in [6.45, 7) is 3.93. The molecule has 1 N–H and O–H groups in total. The molecule has 0 aliphatic rings. The van der Waals surface area contributed by atoms with E-state index < -0.39 is 0 Å². The smallest absolute Gasteiger partial charge is 0.316 e. The number of rotatable bonds is 9. The Bertz CT molecular complexity index is 347. The van der Waals surface area contributed by atoms with Crippen LogP contribution in [0, 0.1) is 6.92 Å². The second kappa shape index (κ2) is 8.79. The lowest BCUT2D eigenvalue weighted by Crippen LogP contribution is -2.11. The fraction of sp³-hybridized carbons (Fsp3) is 0.667. The van der Waals surface area contributed by atoms with Crippen molar-refractivity contribution in [2.45, 2.75) is 20.0 Å². The van der Waals surface area contributed by atoms with E-state index in [-0.39, 0.29) is 12.6 Å². The van der Waals surface area contributed by atoms with Crippen molar-refractivity contribution in [1.82, 2.24) is 9.97 Å². The molecule has 0 saturated carbocycles. The van der Waals surface area contributed by atoms with E-state index in [0.29, 0.717) is 32.1 Å². The predicted octanol–water partition coefficient (Wildman–Crippen LogP) is 0.709. The molecule has 0 fully saturated rings. The summed E-state index contributed by atoms with van der Waals surface area (Å²) in [6.07, 6.45) is 0.867. The first-order chi connectivity index (χ1) is 8.76. The molecular weight excluding hydrogens is 236 g/mol. The predicted molar refractivity (Wildman–Crippen MR) is 65.5 cm³/mol. The number of aliphatic hydroxyl groups excluding tert-OH is 1. The van der Waals surface area contributed by atoms with Crippen molar-refractivity contribution in [3.63, 3.8) is 0 Å². The van der Waals surface area contributed by atoms with Gasteiger partial charge in [-0.25, -0.2) is 4.98 Å². The van der Waals surface area contributed by atoms with Gasteiger partial charge in [0, 0.05) is 26.0 Å². The Kier molecular flexibility index (Phi) is 7.24. The fourth-order valence-electron chi connectivity index (χ4n) is 1.35. The summed E-state index contributed by atoms with van der Waals surface area (Å²) in [5, 5.41) is 9.00. The van der Waals surface area contributed by atoms with Crippen molar-refractivity contribution in [3.05, 3.63) is 17.5 Å². The minimum Gasteiger partial charge on any atom is -0.461 e. The van der Waals surface area contributed by atoms with E-state index in [4.69, 9.17) is 19.3 Å². The Morgan fingerprint density at radius 3 is 2.72 bits per heavy atom. The highest BCUT2D eigenvalue weighted by Crippen LogP contribution is 2.06. The highest BCUT2D eigenvalue weighted by molar-refractivity contribution is 5.11. The van der Waals surface area contributed by atoms with Gasteiger partial charge < -0.3 is 19.3 Å². The van der Waals surface area contributed by atoms with Gasteiger partial charge in [0.2, 0.25) is 0 Å². The van der Waals surface area contributed by atoms with Gasteiger partial charge >= 0.3 is 6.01 Å². The molecule has 0 unspecified atom stereocenters. The van der Waals surface area contributed by atoms with Crippen LogP contribution in [0.3, 0.4) is 0 Å². The van der Waals surface area contributed by atoms with Gasteiger partial charge in [-0.2, -0.15) is 4.98 Å². The van der Waals surface area contributed by atoms with Crippen LogP contribution in [0.2, 0.25) is 0 Å². The normalized spacial score (nSPS) is 10.6. The first-order valence-corrected chi connectivity index (χ1v) is 5.91. The summed E-state index contributed by atoms with van der Waals surface area (Å²) in [7, 11) is 1.66. The third-order valence-electron chi connectivity index (χ3n) is 2.14. The maximum Gasteiger partial charge on any atom is 0.316 e. The third-order valence-corrected chi connectivity index (χ3v) is 2.14. The molecule has 1 rings (SSSR count). The molecule has 0 atom stereocenters. The number of hydrogen-bond donors (Lipinski definition) is 1. The van der Waals surface area contributed by atoms with Crippen molar-refractivity contribution in [2.24, 2.45) is 0 Å². The molecule has 0 amide bonds. The van der Waals surface area contributed by atoms with E-state index in [9.17, 15) is 0 Å². The molecule has 0 radical (unpaired) electrons. The monoisotopic (exact) mass is 256 g/mol. The molecular formula is C12H20N2O4. The maximum atomic E-state index is 9.00. The number of aliphatic hydroxyl groups is 1. The molecule has 0 spiro atoms. The molecule has 0 aliphatic heterocycles. The van der Waals surface area contributed by atoms with Gasteiger partial charge in [-0.1, -0.05) is 0 Å². The average Bonchev–Trinajstić information content (AvgIpc) is 2.37. The number of aryl methyl sites for hydroxylation is 1. The van der Waals surface area contributed by atoms with Crippen LogP contribution in [0.5, 0.6) is 6.01 Å². The van der Waals surface area contributed by atoms with Gasteiger partial charge in [-0.05, 0) is 19.4 Å². The highest BCUT2D eigenvalue weighted by atomic mass is 16.5. The topological polar surface area (TPSA) is 73.7 Å². The zero-order chi connectivity index (χ0) is 13.2. The summed E-state index contributed by atoms with van der Waals surface area (Å²) >= 11 is 0. The van der Waals surface area contributed by atoms with Gasteiger partial charge in [0.1, 0.15) is 6.61 Å². The van der Waals surface area contributed by atoms with Gasteiger partial charge in [0.15, 0.2) is 0 Å². The van der Waals surface area contributed by atoms with Crippen LogP contribution in [-0.2, 0) is 16.1 Å². The number of methoxy groups -OCH3 is 1. The number of hydrogen-bond acceptors (Lipinski definition) is 6. The van der Waals surface area contributed by atoms with E-state index in [0.717, 1.165) is 12.1 Å². The Hall–Kier alpha value is -1.24. The number of aromatic nitrogens is 2. The van der Waals surface area contributed by atoms with Crippen LogP contribution in [0.15, 0.2) is 6.07 Å². The second-order valence-corrected chi connectivity index (χ2v) is 3.75. The molecule has 102 valence electrons. The van der Waals surface area contributed by atoms with E-state index in [2.05, 4.69) is 9.97 Å². The lowest BCUT2D eigenvalue weighted by molar-refractivity contribution is 0.0781. The molecule has 0 aliphatic carbocycles. The van der Waals surface area contributed by atoms with Crippen molar-refractivity contribution in [1.29, 1.82) is 0 Å². The summed E-state index contributed by atoms with van der Waals surface area (Å²) < 4.78 is 15.6. The zero-order valence-corrected chi connectivity index (χ0v) is 10.9. The van der Waals surface area contributed by atoms with Crippen LogP contribution in [0.25, 0.3) is 0 Å². The van der Waals surface area contributed by atoms with E-state index in [1.807, 2.05) is 6.92 Å². The average molecular weight is 256 g/mol. The van der Waals surface area contributed by atoms with Gasteiger partial charge in [0.05, 0.1) is 18.9 Å². The van der Waals surface area contributed by atoms with Gasteiger partial charge in [0.25, 0.3) is 0 Å². The van der Waals surface area contributed by atoms with Crippen LogP contribution in [0.1, 0.15) is 17.8 Å². The first-order valence-electron chi connectivity index (χ1n) is 5.91. The quantitative estimate of drug-likeness (QED) is 0.656. The van der Waals surface area contributed by atoms with E-state index in [1.165, 1.54) is 0 Å². The largest absolute Gasteiger partial charge is 0.461 e. The Labute approximate surface area is 107 Å². The minimum atomic E-state index is -0.118. The molecule has 1 aromatic rings. The fourth-order valence-corrected chi connectivity index (χ4v) is 1.35. The SMILES string of the molecule is COCCCOCCOc1nc(C)cc(CO)n1. The minimum absolute atomic E-state index is 0.118. The lowest BCUT2D eigenvalue weighted by Gasteiger charge is -2.07. The summed E-state index contributed by atoms with van der Waals surface area (Å²) in [6, 6.07) is 1.99. The molecule has 6 nitrogen and oxygen atoms in total.